The van der Waals surface area contributed by atoms with E-state index in [0.717, 1.165) is 0 Å². The zero-order valence-electron chi connectivity index (χ0n) is 16.2. The Kier molecular flexibility index (Phi) is 6.97. The summed E-state index contributed by atoms with van der Waals surface area (Å²) < 4.78 is 5.70. The van der Waals surface area contributed by atoms with Gasteiger partial charge in [-0.05, 0) is 54.1 Å². The summed E-state index contributed by atoms with van der Waals surface area (Å²) in [4.78, 5) is 23.3. The van der Waals surface area contributed by atoms with Crippen LogP contribution in [0.25, 0.3) is 0 Å². The van der Waals surface area contributed by atoms with Crippen LogP contribution < -0.4 is 10.1 Å². The molecule has 0 aliphatic carbocycles. The Morgan fingerprint density at radius 2 is 1.62 bits per heavy atom. The van der Waals surface area contributed by atoms with Gasteiger partial charge in [-0.1, -0.05) is 29.3 Å². The predicted octanol–water partition coefficient (Wildman–Crippen LogP) is 5.41. The molecule has 7 nitrogen and oxygen atoms in total. The molecule has 3 aromatic rings. The molecular weight excluding hydrogens is 453 g/mol. The van der Waals surface area contributed by atoms with Crippen molar-refractivity contribution in [2.24, 2.45) is 0 Å². The Bertz CT molecular complexity index is 1280. The Balaban J connectivity index is 1.71. The highest BCUT2D eigenvalue weighted by molar-refractivity contribution is 6.34. The summed E-state index contributed by atoms with van der Waals surface area (Å²) in [7, 11) is 0. The summed E-state index contributed by atoms with van der Waals surface area (Å²) in [6, 6.07) is 17.1. The molecule has 0 aromatic heterocycles. The van der Waals surface area contributed by atoms with Crippen LogP contribution in [-0.4, -0.2) is 17.0 Å². The monoisotopic (exact) mass is 465 g/mol. The fourth-order valence-corrected chi connectivity index (χ4v) is 3.25. The lowest BCUT2D eigenvalue weighted by Crippen LogP contribution is -2.15. The maximum absolute atomic E-state index is 12.4. The van der Waals surface area contributed by atoms with Crippen LogP contribution >= 0.6 is 23.2 Å². The molecule has 0 radical (unpaired) electrons. The number of ether oxygens (including phenoxy) is 1. The molecule has 0 saturated carbocycles. The van der Waals surface area contributed by atoms with E-state index in [2.05, 4.69) is 5.32 Å². The number of hydrogen-bond donors (Lipinski definition) is 2. The molecule has 0 atom stereocenters. The first-order chi connectivity index (χ1) is 15.3. The van der Waals surface area contributed by atoms with Gasteiger partial charge in [-0.2, -0.15) is 10.5 Å². The van der Waals surface area contributed by atoms with E-state index in [4.69, 9.17) is 43.6 Å². The highest BCUT2D eigenvalue weighted by Crippen LogP contribution is 2.31. The molecule has 32 heavy (non-hydrogen) atoms. The number of nitrogens with zero attached hydrogens (tertiary/aromatic N) is 2. The number of hydrogen-bond acceptors (Lipinski definition) is 5. The van der Waals surface area contributed by atoms with Gasteiger partial charge in [-0.3, -0.25) is 4.79 Å². The van der Waals surface area contributed by atoms with E-state index in [1.54, 1.807) is 18.2 Å². The molecule has 158 valence electrons. The zero-order chi connectivity index (χ0) is 23.3. The van der Waals surface area contributed by atoms with Crippen LogP contribution in [0.2, 0.25) is 10.0 Å². The van der Waals surface area contributed by atoms with Crippen LogP contribution in [-0.2, 0) is 11.2 Å². The van der Waals surface area contributed by atoms with Gasteiger partial charge in [0.1, 0.15) is 11.5 Å². The normalized spacial score (nSPS) is 10.0. The van der Waals surface area contributed by atoms with Gasteiger partial charge in [-0.25, -0.2) is 4.79 Å². The molecule has 0 aliphatic heterocycles. The smallest absolute Gasteiger partial charge is 0.335 e. The van der Waals surface area contributed by atoms with Gasteiger partial charge in [0.25, 0.3) is 0 Å². The van der Waals surface area contributed by atoms with Crippen LogP contribution in [0.3, 0.4) is 0 Å². The number of nitriles is 2. The van der Waals surface area contributed by atoms with E-state index in [9.17, 15) is 9.59 Å². The number of benzene rings is 3. The molecule has 1 amide bonds. The lowest BCUT2D eigenvalue weighted by atomic mass is 10.1. The maximum atomic E-state index is 12.4. The van der Waals surface area contributed by atoms with E-state index in [1.165, 1.54) is 36.4 Å². The fraction of sp³-hybridized carbons (Fsp3) is 0.0435. The van der Waals surface area contributed by atoms with Crippen LogP contribution in [0.1, 0.15) is 27.0 Å². The quantitative estimate of drug-likeness (QED) is 0.501. The topological polar surface area (TPSA) is 123 Å². The molecule has 3 aromatic carbocycles. The van der Waals surface area contributed by atoms with Gasteiger partial charge in [0, 0.05) is 0 Å². The Morgan fingerprint density at radius 1 is 0.938 bits per heavy atom. The second-order valence-corrected chi connectivity index (χ2v) is 7.38. The minimum atomic E-state index is -1.12. The number of aromatic carboxylic acids is 1. The molecule has 0 aliphatic rings. The van der Waals surface area contributed by atoms with E-state index in [0.29, 0.717) is 17.0 Å². The minimum Gasteiger partial charge on any atom is -0.478 e. The second-order valence-electron chi connectivity index (χ2n) is 6.56. The number of carboxylic acid groups (broad SMARTS) is 1. The van der Waals surface area contributed by atoms with Crippen molar-refractivity contribution in [1.29, 1.82) is 10.5 Å². The molecule has 0 fully saturated rings. The van der Waals surface area contributed by atoms with Crippen molar-refractivity contribution in [2.45, 2.75) is 6.42 Å². The van der Waals surface area contributed by atoms with Gasteiger partial charge < -0.3 is 15.2 Å². The summed E-state index contributed by atoms with van der Waals surface area (Å²) in [6.07, 6.45) is -0.0144. The van der Waals surface area contributed by atoms with Gasteiger partial charge in [0.2, 0.25) is 5.91 Å². The Hall–Kier alpha value is -4.04. The number of rotatable bonds is 6. The average molecular weight is 466 g/mol. The number of carbonyl (C=O) groups is 2. The van der Waals surface area contributed by atoms with Gasteiger partial charge >= 0.3 is 5.97 Å². The largest absolute Gasteiger partial charge is 0.478 e. The van der Waals surface area contributed by atoms with Crippen molar-refractivity contribution in [3.8, 4) is 23.6 Å². The molecule has 0 bridgehead atoms. The lowest BCUT2D eigenvalue weighted by molar-refractivity contribution is -0.115. The molecule has 0 unspecified atom stereocenters. The number of halogens is 2. The second kappa shape index (κ2) is 9.84. The number of nitrogens with one attached hydrogen (secondary N) is 1. The van der Waals surface area contributed by atoms with Crippen molar-refractivity contribution >= 4 is 40.8 Å². The first-order valence-electron chi connectivity index (χ1n) is 9.03. The summed E-state index contributed by atoms with van der Waals surface area (Å²) >= 11 is 12.3. The van der Waals surface area contributed by atoms with Gasteiger partial charge in [-0.15, -0.1) is 0 Å². The molecule has 9 heteroatoms. The third-order valence-corrected chi connectivity index (χ3v) is 4.85. The van der Waals surface area contributed by atoms with E-state index >= 15 is 0 Å². The zero-order valence-corrected chi connectivity index (χ0v) is 17.7. The average Bonchev–Trinajstić information content (AvgIpc) is 2.76. The SMILES string of the molecule is N#Cc1cc(C#N)cc(Oc2ccc(CC(=O)Nc3ccc(C(=O)O)cc3Cl)cc2Cl)c1. The summed E-state index contributed by atoms with van der Waals surface area (Å²) in [5, 5.41) is 30.1. The Morgan fingerprint density at radius 3 is 2.19 bits per heavy atom. The predicted molar refractivity (Wildman–Crippen MR) is 118 cm³/mol. The highest BCUT2D eigenvalue weighted by Gasteiger charge is 2.12. The van der Waals surface area contributed by atoms with Crippen molar-refractivity contribution < 1.29 is 19.4 Å². The minimum absolute atomic E-state index is 0.0116. The molecule has 2 N–H and O–H groups in total. The standard InChI is InChI=1S/C23H13Cl2N3O4/c24-18-10-16(23(30)31)2-3-20(18)28-22(29)9-13-1-4-21(19(25)8-13)32-17-6-14(11-26)5-15(7-17)12-27/h1-8,10H,9H2,(H,28,29)(H,30,31). The molecule has 0 saturated heterocycles. The first kappa shape index (κ1) is 22.6. The van der Waals surface area contributed by atoms with Crippen molar-refractivity contribution in [3.05, 3.63) is 86.9 Å². The van der Waals surface area contributed by atoms with Crippen molar-refractivity contribution in [2.75, 3.05) is 5.32 Å². The number of carbonyl (C=O) groups excluding carboxylic acids is 1. The molecule has 0 heterocycles. The number of anilines is 1. The van der Waals surface area contributed by atoms with Crippen molar-refractivity contribution in [1.82, 2.24) is 0 Å². The third-order valence-electron chi connectivity index (χ3n) is 4.24. The van der Waals surface area contributed by atoms with Crippen LogP contribution in [0.5, 0.6) is 11.5 Å². The summed E-state index contributed by atoms with van der Waals surface area (Å²) in [6.45, 7) is 0. The molecular formula is C23H13Cl2N3O4. The number of carboxylic acids is 1. The van der Waals surface area contributed by atoms with E-state index in [1.807, 2.05) is 12.1 Å². The van der Waals surface area contributed by atoms with Crippen molar-refractivity contribution in [3.63, 3.8) is 0 Å². The van der Waals surface area contributed by atoms with E-state index in [-0.39, 0.29) is 44.8 Å². The third kappa shape index (κ3) is 5.55. The van der Waals surface area contributed by atoms with Crippen LogP contribution in [0.15, 0.2) is 54.6 Å². The molecule has 3 rings (SSSR count). The fourth-order valence-electron chi connectivity index (χ4n) is 2.78. The number of amides is 1. The summed E-state index contributed by atoms with van der Waals surface area (Å²) in [5.41, 5.74) is 1.45. The van der Waals surface area contributed by atoms with Gasteiger partial charge in [0.05, 0.1) is 51.0 Å². The molecule has 0 spiro atoms. The van der Waals surface area contributed by atoms with E-state index < -0.39 is 5.97 Å². The summed E-state index contributed by atoms with van der Waals surface area (Å²) in [5.74, 6) is -0.917. The highest BCUT2D eigenvalue weighted by atomic mass is 35.5. The van der Waals surface area contributed by atoms with Crippen LogP contribution in [0, 0.1) is 22.7 Å². The van der Waals surface area contributed by atoms with Gasteiger partial charge in [0.15, 0.2) is 0 Å². The Labute approximate surface area is 193 Å². The van der Waals surface area contributed by atoms with Crippen LogP contribution in [0.4, 0.5) is 5.69 Å². The maximum Gasteiger partial charge on any atom is 0.335 e. The first-order valence-corrected chi connectivity index (χ1v) is 9.79. The lowest BCUT2D eigenvalue weighted by Gasteiger charge is -2.11.